The number of benzene rings is 3. The van der Waals surface area contributed by atoms with Crippen molar-refractivity contribution in [3.05, 3.63) is 116 Å². The summed E-state index contributed by atoms with van der Waals surface area (Å²) in [5, 5.41) is 15.4. The van der Waals surface area contributed by atoms with Crippen molar-refractivity contribution in [3.63, 3.8) is 0 Å². The van der Waals surface area contributed by atoms with Crippen molar-refractivity contribution in [2.24, 2.45) is 5.10 Å². The van der Waals surface area contributed by atoms with Gasteiger partial charge in [-0.25, -0.2) is 5.43 Å². The number of nitro benzene ring substituents is 1. The van der Waals surface area contributed by atoms with Crippen LogP contribution in [0.1, 0.15) is 21.5 Å². The topological polar surface area (TPSA) is 84.6 Å². The predicted molar refractivity (Wildman–Crippen MR) is 117 cm³/mol. The second-order valence-electron chi connectivity index (χ2n) is 5.96. The highest BCUT2D eigenvalue weighted by Crippen LogP contribution is 2.19. The zero-order valence-corrected chi connectivity index (χ0v) is 16.7. The van der Waals surface area contributed by atoms with Gasteiger partial charge in [0.25, 0.3) is 11.6 Å². The summed E-state index contributed by atoms with van der Waals surface area (Å²) in [6, 6.07) is 22.6. The first-order valence-corrected chi connectivity index (χ1v) is 9.44. The number of amides is 1. The standard InChI is InChI=1S/C22H16BrN3O3/c23-19-13-10-18(11-14-19)22(27)25-24-20(16-6-2-1-3-7-16)15-12-17-8-4-5-9-21(17)26(28)29/h1-15H,(H,25,27)/b15-12+,24-20+. The van der Waals surface area contributed by atoms with Crippen LogP contribution in [0.2, 0.25) is 0 Å². The van der Waals surface area contributed by atoms with Crippen LogP contribution in [0.5, 0.6) is 0 Å². The minimum absolute atomic E-state index is 0.00457. The Morgan fingerprint density at radius 2 is 1.59 bits per heavy atom. The largest absolute Gasteiger partial charge is 0.276 e. The number of rotatable bonds is 6. The Hall–Kier alpha value is -3.58. The molecule has 6 nitrogen and oxygen atoms in total. The van der Waals surface area contributed by atoms with Gasteiger partial charge in [0.2, 0.25) is 0 Å². The Labute approximate surface area is 175 Å². The summed E-state index contributed by atoms with van der Waals surface area (Å²) in [5.41, 5.74) is 4.67. The highest BCUT2D eigenvalue weighted by Gasteiger charge is 2.10. The van der Waals surface area contributed by atoms with Crippen LogP contribution in [0.15, 0.2) is 94.5 Å². The van der Waals surface area contributed by atoms with Crippen LogP contribution < -0.4 is 5.43 Å². The zero-order chi connectivity index (χ0) is 20.6. The third kappa shape index (κ3) is 5.46. The number of allylic oxidation sites excluding steroid dienone is 1. The molecule has 0 aromatic heterocycles. The maximum atomic E-state index is 12.4. The number of hydrogen-bond donors (Lipinski definition) is 1. The first-order chi connectivity index (χ1) is 14.0. The smallest absolute Gasteiger partial charge is 0.267 e. The Balaban J connectivity index is 1.89. The van der Waals surface area contributed by atoms with E-state index in [-0.39, 0.29) is 11.6 Å². The Bertz CT molecular complexity index is 1080. The molecule has 144 valence electrons. The third-order valence-electron chi connectivity index (χ3n) is 4.01. The normalized spacial score (nSPS) is 11.4. The summed E-state index contributed by atoms with van der Waals surface area (Å²) in [6.07, 6.45) is 3.25. The molecule has 3 rings (SSSR count). The van der Waals surface area contributed by atoms with Gasteiger partial charge in [-0.3, -0.25) is 14.9 Å². The summed E-state index contributed by atoms with van der Waals surface area (Å²) in [6.45, 7) is 0. The van der Waals surface area contributed by atoms with Gasteiger partial charge >= 0.3 is 0 Å². The van der Waals surface area contributed by atoms with E-state index in [2.05, 4.69) is 26.5 Å². The minimum atomic E-state index is -0.436. The molecule has 0 atom stereocenters. The molecule has 0 bridgehead atoms. The lowest BCUT2D eigenvalue weighted by molar-refractivity contribution is -0.385. The fourth-order valence-electron chi connectivity index (χ4n) is 2.55. The van der Waals surface area contributed by atoms with E-state index in [1.165, 1.54) is 6.07 Å². The van der Waals surface area contributed by atoms with Crippen molar-refractivity contribution < 1.29 is 9.72 Å². The van der Waals surface area contributed by atoms with Crippen LogP contribution in [0.4, 0.5) is 5.69 Å². The van der Waals surface area contributed by atoms with Crippen molar-refractivity contribution in [2.75, 3.05) is 0 Å². The van der Waals surface area contributed by atoms with Gasteiger partial charge in [-0.05, 0) is 42.5 Å². The van der Waals surface area contributed by atoms with Gasteiger partial charge in [-0.1, -0.05) is 58.4 Å². The van der Waals surface area contributed by atoms with Crippen molar-refractivity contribution >= 4 is 39.3 Å². The number of nitro groups is 1. The van der Waals surface area contributed by atoms with Crippen LogP contribution in [-0.4, -0.2) is 16.5 Å². The van der Waals surface area contributed by atoms with E-state index in [4.69, 9.17) is 0 Å². The van der Waals surface area contributed by atoms with Gasteiger partial charge in [0.05, 0.1) is 16.2 Å². The second kappa shape index (κ2) is 9.57. The zero-order valence-electron chi connectivity index (χ0n) is 15.2. The molecule has 0 unspecified atom stereocenters. The molecule has 3 aromatic rings. The monoisotopic (exact) mass is 449 g/mol. The van der Waals surface area contributed by atoms with Gasteiger partial charge in [0.15, 0.2) is 0 Å². The molecule has 0 saturated heterocycles. The van der Waals surface area contributed by atoms with Gasteiger partial charge in [-0.15, -0.1) is 0 Å². The highest BCUT2D eigenvalue weighted by atomic mass is 79.9. The van der Waals surface area contributed by atoms with E-state index in [1.807, 2.05) is 30.3 Å². The quantitative estimate of drug-likeness (QED) is 0.318. The van der Waals surface area contributed by atoms with E-state index in [9.17, 15) is 14.9 Å². The molecule has 0 spiro atoms. The number of halogens is 1. The summed E-state index contributed by atoms with van der Waals surface area (Å²) in [5.74, 6) is -0.356. The van der Waals surface area contributed by atoms with Gasteiger partial charge in [-0.2, -0.15) is 5.10 Å². The van der Waals surface area contributed by atoms with E-state index in [1.54, 1.807) is 54.6 Å². The Morgan fingerprint density at radius 3 is 2.28 bits per heavy atom. The summed E-state index contributed by atoms with van der Waals surface area (Å²) >= 11 is 3.33. The van der Waals surface area contributed by atoms with E-state index in [0.29, 0.717) is 16.8 Å². The maximum absolute atomic E-state index is 12.4. The molecule has 7 heteroatoms. The molecule has 0 radical (unpaired) electrons. The average molecular weight is 450 g/mol. The number of nitrogens with zero attached hydrogens (tertiary/aromatic N) is 2. The molecule has 1 amide bonds. The fraction of sp³-hybridized carbons (Fsp3) is 0. The molecular formula is C22H16BrN3O3. The Morgan fingerprint density at radius 1 is 0.931 bits per heavy atom. The number of hydrazone groups is 1. The molecule has 0 aliphatic heterocycles. The van der Waals surface area contributed by atoms with Gasteiger partial charge in [0.1, 0.15) is 0 Å². The van der Waals surface area contributed by atoms with Crippen molar-refractivity contribution in [3.8, 4) is 0 Å². The van der Waals surface area contributed by atoms with Crippen LogP contribution in [0.3, 0.4) is 0 Å². The van der Waals surface area contributed by atoms with Crippen LogP contribution in [0, 0.1) is 10.1 Å². The predicted octanol–water partition coefficient (Wildman–Crippen LogP) is 5.20. The molecule has 0 aliphatic rings. The SMILES string of the molecule is O=C(N/N=C(\C=C\c1ccccc1[N+](=O)[O-])c1ccccc1)c1ccc(Br)cc1. The Kier molecular flexibility index (Phi) is 6.65. The number of nitrogens with one attached hydrogen (secondary N) is 1. The molecule has 0 heterocycles. The average Bonchev–Trinajstić information content (AvgIpc) is 2.75. The molecule has 1 N–H and O–H groups in total. The lowest BCUT2D eigenvalue weighted by Crippen LogP contribution is -2.19. The summed E-state index contributed by atoms with van der Waals surface area (Å²) in [4.78, 5) is 23.1. The minimum Gasteiger partial charge on any atom is -0.267 e. The van der Waals surface area contributed by atoms with E-state index in [0.717, 1.165) is 10.0 Å². The third-order valence-corrected chi connectivity index (χ3v) is 4.54. The molecule has 0 fully saturated rings. The molecular weight excluding hydrogens is 434 g/mol. The first kappa shape index (κ1) is 20.2. The molecule has 0 saturated carbocycles. The van der Waals surface area contributed by atoms with Crippen LogP contribution in [-0.2, 0) is 0 Å². The molecule has 0 aliphatic carbocycles. The molecule has 3 aromatic carbocycles. The van der Waals surface area contributed by atoms with Crippen molar-refractivity contribution in [1.82, 2.24) is 5.43 Å². The van der Waals surface area contributed by atoms with Gasteiger partial charge in [0, 0.05) is 21.7 Å². The number of hydrogen-bond acceptors (Lipinski definition) is 4. The fourth-order valence-corrected chi connectivity index (χ4v) is 2.81. The van der Waals surface area contributed by atoms with Crippen molar-refractivity contribution in [2.45, 2.75) is 0 Å². The van der Waals surface area contributed by atoms with Crippen molar-refractivity contribution in [1.29, 1.82) is 0 Å². The number of carbonyl (C=O) groups is 1. The summed E-state index contributed by atoms with van der Waals surface area (Å²) in [7, 11) is 0. The first-order valence-electron chi connectivity index (χ1n) is 8.65. The second-order valence-corrected chi connectivity index (χ2v) is 6.88. The summed E-state index contributed by atoms with van der Waals surface area (Å²) < 4.78 is 0.870. The van der Waals surface area contributed by atoms with E-state index >= 15 is 0 Å². The lowest BCUT2D eigenvalue weighted by atomic mass is 10.1. The van der Waals surface area contributed by atoms with E-state index < -0.39 is 4.92 Å². The van der Waals surface area contributed by atoms with Gasteiger partial charge < -0.3 is 0 Å². The lowest BCUT2D eigenvalue weighted by Gasteiger charge is -2.05. The highest BCUT2D eigenvalue weighted by molar-refractivity contribution is 9.10. The number of para-hydroxylation sites is 1. The number of carbonyl (C=O) groups excluding carboxylic acids is 1. The van der Waals surface area contributed by atoms with Crippen LogP contribution in [0.25, 0.3) is 6.08 Å². The van der Waals surface area contributed by atoms with Crippen LogP contribution >= 0.6 is 15.9 Å². The molecule has 29 heavy (non-hydrogen) atoms. The maximum Gasteiger partial charge on any atom is 0.276 e.